The van der Waals surface area contributed by atoms with E-state index >= 15 is 0 Å². The van der Waals surface area contributed by atoms with Crippen LogP contribution in [0, 0.1) is 5.82 Å². The van der Waals surface area contributed by atoms with Crippen molar-refractivity contribution in [2.24, 2.45) is 0 Å². The van der Waals surface area contributed by atoms with E-state index in [4.69, 9.17) is 0 Å². The van der Waals surface area contributed by atoms with E-state index in [-0.39, 0.29) is 5.82 Å². The van der Waals surface area contributed by atoms with Gasteiger partial charge in [0.2, 0.25) is 0 Å². The van der Waals surface area contributed by atoms with E-state index in [0.717, 1.165) is 24.1 Å². The summed E-state index contributed by atoms with van der Waals surface area (Å²) in [6.07, 6.45) is 1.14. The van der Waals surface area contributed by atoms with E-state index in [1.54, 1.807) is 0 Å². The molecule has 2 aromatic carbocycles. The SMILES string of the molecule is CCCNC(C)c1ccc(-c2ccc(F)cc2)cc1. The Morgan fingerprint density at radius 3 is 2.00 bits per heavy atom. The molecule has 0 fully saturated rings. The van der Waals surface area contributed by atoms with Gasteiger partial charge in [0.05, 0.1) is 0 Å². The van der Waals surface area contributed by atoms with Crippen molar-refractivity contribution in [2.45, 2.75) is 26.3 Å². The monoisotopic (exact) mass is 257 g/mol. The van der Waals surface area contributed by atoms with Gasteiger partial charge in [-0.15, -0.1) is 0 Å². The molecule has 0 spiro atoms. The van der Waals surface area contributed by atoms with Crippen molar-refractivity contribution < 1.29 is 4.39 Å². The predicted molar refractivity (Wildman–Crippen MR) is 78.5 cm³/mol. The van der Waals surface area contributed by atoms with Crippen LogP contribution in [0.3, 0.4) is 0 Å². The Hall–Kier alpha value is -1.67. The number of halogens is 1. The fourth-order valence-electron chi connectivity index (χ4n) is 2.09. The third-order valence-electron chi connectivity index (χ3n) is 3.29. The van der Waals surface area contributed by atoms with Crippen LogP contribution < -0.4 is 5.32 Å². The zero-order valence-electron chi connectivity index (χ0n) is 11.5. The Labute approximate surface area is 114 Å². The molecule has 1 nitrogen and oxygen atoms in total. The molecule has 0 aliphatic carbocycles. The van der Waals surface area contributed by atoms with E-state index < -0.39 is 0 Å². The highest BCUT2D eigenvalue weighted by Crippen LogP contribution is 2.22. The minimum atomic E-state index is -0.197. The Bertz CT molecular complexity index is 502. The first-order valence-electron chi connectivity index (χ1n) is 6.80. The van der Waals surface area contributed by atoms with Gasteiger partial charge in [0.15, 0.2) is 0 Å². The van der Waals surface area contributed by atoms with Gasteiger partial charge in [-0.2, -0.15) is 0 Å². The molecule has 0 aliphatic rings. The molecule has 1 atom stereocenters. The Morgan fingerprint density at radius 2 is 1.47 bits per heavy atom. The second kappa shape index (κ2) is 6.48. The molecule has 0 amide bonds. The summed E-state index contributed by atoms with van der Waals surface area (Å²) in [4.78, 5) is 0. The largest absolute Gasteiger partial charge is 0.310 e. The van der Waals surface area contributed by atoms with Gasteiger partial charge >= 0.3 is 0 Å². The second-order valence-corrected chi connectivity index (χ2v) is 4.80. The van der Waals surface area contributed by atoms with Crippen LogP contribution >= 0.6 is 0 Å². The maximum Gasteiger partial charge on any atom is 0.123 e. The summed E-state index contributed by atoms with van der Waals surface area (Å²) in [7, 11) is 0. The number of rotatable bonds is 5. The van der Waals surface area contributed by atoms with Crippen molar-refractivity contribution in [3.63, 3.8) is 0 Å². The molecule has 0 saturated heterocycles. The summed E-state index contributed by atoms with van der Waals surface area (Å²) in [6.45, 7) is 5.36. The van der Waals surface area contributed by atoms with E-state index in [1.165, 1.54) is 17.7 Å². The number of hydrogen-bond donors (Lipinski definition) is 1. The molecule has 2 aromatic rings. The summed E-state index contributed by atoms with van der Waals surface area (Å²) in [5, 5.41) is 3.47. The average Bonchev–Trinajstić information content (AvgIpc) is 2.46. The fourth-order valence-corrected chi connectivity index (χ4v) is 2.09. The first kappa shape index (κ1) is 13.8. The Balaban J connectivity index is 2.11. The summed E-state index contributed by atoms with van der Waals surface area (Å²) >= 11 is 0. The predicted octanol–water partition coefficient (Wildman–Crippen LogP) is 4.55. The van der Waals surface area contributed by atoms with Crippen LogP contribution in [-0.2, 0) is 0 Å². The lowest BCUT2D eigenvalue weighted by molar-refractivity contribution is 0.571. The first-order valence-corrected chi connectivity index (χ1v) is 6.80. The number of hydrogen-bond acceptors (Lipinski definition) is 1. The molecule has 0 aliphatic heterocycles. The molecule has 1 N–H and O–H groups in total. The van der Waals surface area contributed by atoms with Crippen molar-refractivity contribution in [3.05, 3.63) is 59.9 Å². The fraction of sp³-hybridized carbons (Fsp3) is 0.294. The maximum absolute atomic E-state index is 12.9. The van der Waals surface area contributed by atoms with Gasteiger partial charge in [0, 0.05) is 6.04 Å². The van der Waals surface area contributed by atoms with Crippen LogP contribution in [0.5, 0.6) is 0 Å². The van der Waals surface area contributed by atoms with Crippen molar-refractivity contribution >= 4 is 0 Å². The highest BCUT2D eigenvalue weighted by molar-refractivity contribution is 5.63. The van der Waals surface area contributed by atoms with E-state index in [9.17, 15) is 4.39 Å². The van der Waals surface area contributed by atoms with Gasteiger partial charge < -0.3 is 5.32 Å². The summed E-state index contributed by atoms with van der Waals surface area (Å²) in [5.41, 5.74) is 3.44. The topological polar surface area (TPSA) is 12.0 Å². The molecule has 0 bridgehead atoms. The molecule has 0 radical (unpaired) electrons. The first-order chi connectivity index (χ1) is 9.20. The minimum Gasteiger partial charge on any atom is -0.310 e. The van der Waals surface area contributed by atoms with E-state index in [1.807, 2.05) is 12.1 Å². The molecule has 100 valence electrons. The van der Waals surface area contributed by atoms with Crippen molar-refractivity contribution in [3.8, 4) is 11.1 Å². The summed E-state index contributed by atoms with van der Waals surface area (Å²) < 4.78 is 12.9. The highest BCUT2D eigenvalue weighted by Gasteiger charge is 2.04. The van der Waals surface area contributed by atoms with Crippen molar-refractivity contribution in [1.82, 2.24) is 5.32 Å². The minimum absolute atomic E-state index is 0.197. The van der Waals surface area contributed by atoms with Gasteiger partial charge in [-0.05, 0) is 48.7 Å². The quantitative estimate of drug-likeness (QED) is 0.828. The van der Waals surface area contributed by atoms with Gasteiger partial charge in [0.25, 0.3) is 0 Å². The summed E-state index contributed by atoms with van der Waals surface area (Å²) in [5.74, 6) is -0.197. The second-order valence-electron chi connectivity index (χ2n) is 4.80. The highest BCUT2D eigenvalue weighted by atomic mass is 19.1. The average molecular weight is 257 g/mol. The van der Waals surface area contributed by atoms with Crippen molar-refractivity contribution in [1.29, 1.82) is 0 Å². The van der Waals surface area contributed by atoms with Gasteiger partial charge in [0.1, 0.15) is 5.82 Å². The lowest BCUT2D eigenvalue weighted by atomic mass is 10.0. The van der Waals surface area contributed by atoms with Gasteiger partial charge in [-0.3, -0.25) is 0 Å². The number of benzene rings is 2. The van der Waals surface area contributed by atoms with Crippen LogP contribution in [-0.4, -0.2) is 6.54 Å². The molecular formula is C17H20FN. The van der Waals surface area contributed by atoms with Gasteiger partial charge in [-0.25, -0.2) is 4.39 Å². The maximum atomic E-state index is 12.9. The summed E-state index contributed by atoms with van der Waals surface area (Å²) in [6, 6.07) is 15.4. The Morgan fingerprint density at radius 1 is 0.947 bits per heavy atom. The normalized spacial score (nSPS) is 12.4. The third-order valence-corrected chi connectivity index (χ3v) is 3.29. The smallest absolute Gasteiger partial charge is 0.123 e. The standard InChI is InChI=1S/C17H20FN/c1-3-12-19-13(2)14-4-6-15(7-5-14)16-8-10-17(18)11-9-16/h4-11,13,19H,3,12H2,1-2H3. The van der Waals surface area contributed by atoms with E-state index in [2.05, 4.69) is 43.4 Å². The van der Waals surface area contributed by atoms with Gasteiger partial charge in [-0.1, -0.05) is 43.3 Å². The molecule has 19 heavy (non-hydrogen) atoms. The molecular weight excluding hydrogens is 237 g/mol. The Kier molecular flexibility index (Phi) is 4.69. The van der Waals surface area contributed by atoms with Crippen LogP contribution in [0.1, 0.15) is 31.9 Å². The number of nitrogens with one attached hydrogen (secondary N) is 1. The molecule has 0 heterocycles. The molecule has 2 heteroatoms. The van der Waals surface area contributed by atoms with Crippen molar-refractivity contribution in [2.75, 3.05) is 6.54 Å². The zero-order valence-corrected chi connectivity index (χ0v) is 11.5. The van der Waals surface area contributed by atoms with Crippen LogP contribution in [0.15, 0.2) is 48.5 Å². The van der Waals surface area contributed by atoms with E-state index in [0.29, 0.717) is 6.04 Å². The lowest BCUT2D eigenvalue weighted by Crippen LogP contribution is -2.19. The van der Waals surface area contributed by atoms with Crippen LogP contribution in [0.4, 0.5) is 4.39 Å². The lowest BCUT2D eigenvalue weighted by Gasteiger charge is -2.14. The third kappa shape index (κ3) is 3.65. The van der Waals surface area contributed by atoms with Crippen LogP contribution in [0.2, 0.25) is 0 Å². The zero-order chi connectivity index (χ0) is 13.7. The molecule has 0 saturated carbocycles. The molecule has 2 rings (SSSR count). The molecule has 0 aromatic heterocycles. The molecule has 1 unspecified atom stereocenters. The van der Waals surface area contributed by atoms with Crippen LogP contribution in [0.25, 0.3) is 11.1 Å².